The number of nitrogens with one attached hydrogen (secondary N) is 3. The Hall–Kier alpha value is -3.50. The molecule has 0 radical (unpaired) electrons. The molecule has 0 saturated carbocycles. The smallest absolute Gasteiger partial charge is 0.308 e. The summed E-state index contributed by atoms with van der Waals surface area (Å²) in [5, 5.41) is 11.8. The van der Waals surface area contributed by atoms with E-state index < -0.39 is 11.5 Å². The van der Waals surface area contributed by atoms with E-state index in [-0.39, 0.29) is 40.6 Å². The van der Waals surface area contributed by atoms with Crippen molar-refractivity contribution in [1.82, 2.24) is 4.98 Å². The van der Waals surface area contributed by atoms with Crippen LogP contribution in [0.5, 0.6) is 0 Å². The highest BCUT2D eigenvalue weighted by Gasteiger charge is 2.17. The first kappa shape index (κ1) is 35.7. The van der Waals surface area contributed by atoms with E-state index in [0.717, 1.165) is 11.3 Å². The quantitative estimate of drug-likeness (QED) is 0.109. The third-order valence-corrected chi connectivity index (χ3v) is 6.16. The number of benzene rings is 1. The summed E-state index contributed by atoms with van der Waals surface area (Å²) in [7, 11) is 0. The van der Waals surface area contributed by atoms with Crippen molar-refractivity contribution in [3.8, 4) is 0 Å². The summed E-state index contributed by atoms with van der Waals surface area (Å²) in [6.45, 7) is 12.1. The van der Waals surface area contributed by atoms with E-state index in [1.165, 1.54) is 6.92 Å². The summed E-state index contributed by atoms with van der Waals surface area (Å²) in [6.07, 6.45) is 0.206. The number of nitrogens with zero attached hydrogens (tertiary/aromatic N) is 2. The Balaban J connectivity index is 1.57. The summed E-state index contributed by atoms with van der Waals surface area (Å²) >= 11 is 0.967. The number of thiazole rings is 1. The number of anilines is 3. The van der Waals surface area contributed by atoms with Crippen LogP contribution in [0.25, 0.3) is 0 Å². The number of hydrogen-bond acceptors (Lipinski definition) is 13. The van der Waals surface area contributed by atoms with Gasteiger partial charge in [-0.3, -0.25) is 19.7 Å². The molecule has 1 aromatic carbocycles. The van der Waals surface area contributed by atoms with Crippen LogP contribution in [0.15, 0.2) is 23.4 Å². The molecule has 1 aromatic heterocycles. The SMILES string of the molecule is CC(=O)Nc1cc(NCCOCCOCCOCCOCCC(=O)OC(C)(C)C)ccc1C(=O)Nc1nc(C)c(N=O)s1. The maximum Gasteiger partial charge on any atom is 0.308 e. The van der Waals surface area contributed by atoms with Gasteiger partial charge in [-0.15, -0.1) is 4.91 Å². The molecule has 0 fully saturated rings. The minimum Gasteiger partial charge on any atom is -0.460 e. The number of rotatable bonds is 20. The van der Waals surface area contributed by atoms with Crippen LogP contribution in [-0.4, -0.2) is 87.8 Å². The zero-order valence-electron chi connectivity index (χ0n) is 25.3. The number of carbonyl (C=O) groups excluding carboxylic acids is 3. The van der Waals surface area contributed by atoms with Gasteiger partial charge in [0.25, 0.3) is 5.91 Å². The van der Waals surface area contributed by atoms with Crippen molar-refractivity contribution in [1.29, 1.82) is 0 Å². The number of aryl methyl sites for hydroxylation is 1. The van der Waals surface area contributed by atoms with Crippen LogP contribution in [0.1, 0.15) is 50.2 Å². The minimum atomic E-state index is -0.496. The van der Waals surface area contributed by atoms with Crippen LogP contribution in [0.2, 0.25) is 0 Å². The second-order valence-electron chi connectivity index (χ2n) is 10.1. The Morgan fingerprint density at radius 2 is 1.51 bits per heavy atom. The van der Waals surface area contributed by atoms with Gasteiger partial charge in [0.15, 0.2) is 10.1 Å². The number of nitroso groups, excluding NO2 is 1. The fourth-order valence-electron chi connectivity index (χ4n) is 3.41. The van der Waals surface area contributed by atoms with Crippen LogP contribution in [-0.2, 0) is 33.3 Å². The second kappa shape index (κ2) is 18.9. The predicted molar refractivity (Wildman–Crippen MR) is 163 cm³/mol. The minimum absolute atomic E-state index is 0.187. The van der Waals surface area contributed by atoms with Crippen molar-refractivity contribution in [3.05, 3.63) is 34.4 Å². The topological polar surface area (TPSA) is 176 Å². The molecule has 2 aromatic rings. The number of ether oxygens (including phenoxy) is 5. The van der Waals surface area contributed by atoms with Gasteiger partial charge in [0.2, 0.25) is 5.91 Å². The molecule has 0 saturated heterocycles. The molecule has 14 nitrogen and oxygen atoms in total. The molecule has 15 heteroatoms. The highest BCUT2D eigenvalue weighted by atomic mass is 32.1. The first-order valence-electron chi connectivity index (χ1n) is 13.8. The Morgan fingerprint density at radius 1 is 0.907 bits per heavy atom. The Bertz CT molecular complexity index is 1200. The summed E-state index contributed by atoms with van der Waals surface area (Å²) in [6, 6.07) is 4.94. The summed E-state index contributed by atoms with van der Waals surface area (Å²) < 4.78 is 27.0. The molecule has 1 heterocycles. The van der Waals surface area contributed by atoms with Gasteiger partial charge in [0, 0.05) is 19.2 Å². The Morgan fingerprint density at radius 3 is 2.07 bits per heavy atom. The molecule has 238 valence electrons. The number of hydrogen-bond donors (Lipinski definition) is 3. The van der Waals surface area contributed by atoms with E-state index in [1.807, 2.05) is 20.8 Å². The van der Waals surface area contributed by atoms with Crippen LogP contribution < -0.4 is 16.0 Å². The lowest BCUT2D eigenvalue weighted by Gasteiger charge is -2.19. The molecule has 2 rings (SSSR count). The maximum absolute atomic E-state index is 12.8. The zero-order chi connectivity index (χ0) is 31.7. The van der Waals surface area contributed by atoms with Gasteiger partial charge in [0.1, 0.15) is 5.60 Å². The van der Waals surface area contributed by atoms with Crippen LogP contribution in [0.3, 0.4) is 0 Å². The van der Waals surface area contributed by atoms with E-state index in [2.05, 4.69) is 26.1 Å². The van der Waals surface area contributed by atoms with Gasteiger partial charge in [-0.2, -0.15) is 0 Å². The van der Waals surface area contributed by atoms with Crippen LogP contribution in [0.4, 0.5) is 21.5 Å². The van der Waals surface area contributed by atoms with Crippen LogP contribution >= 0.6 is 11.3 Å². The van der Waals surface area contributed by atoms with Gasteiger partial charge in [0.05, 0.1) is 76.2 Å². The largest absolute Gasteiger partial charge is 0.460 e. The van der Waals surface area contributed by atoms with E-state index in [9.17, 15) is 19.3 Å². The lowest BCUT2D eigenvalue weighted by Crippen LogP contribution is -2.24. The van der Waals surface area contributed by atoms with E-state index in [0.29, 0.717) is 69.9 Å². The van der Waals surface area contributed by atoms with Gasteiger partial charge in [-0.05, 0) is 51.1 Å². The predicted octanol–water partition coefficient (Wildman–Crippen LogP) is 4.27. The van der Waals surface area contributed by atoms with Crippen LogP contribution in [0, 0.1) is 11.8 Å². The van der Waals surface area contributed by atoms with E-state index >= 15 is 0 Å². The molecular formula is C28H41N5O9S. The fraction of sp³-hybridized carbons (Fsp3) is 0.571. The van der Waals surface area contributed by atoms with Gasteiger partial charge < -0.3 is 34.3 Å². The summed E-state index contributed by atoms with van der Waals surface area (Å²) in [5.74, 6) is -1.11. The zero-order valence-corrected chi connectivity index (χ0v) is 26.1. The number of amides is 2. The van der Waals surface area contributed by atoms with Crippen molar-refractivity contribution in [3.63, 3.8) is 0 Å². The Labute approximate surface area is 255 Å². The fourth-order valence-corrected chi connectivity index (χ4v) is 4.15. The van der Waals surface area contributed by atoms with E-state index in [4.69, 9.17) is 23.7 Å². The van der Waals surface area contributed by atoms with Gasteiger partial charge in [-0.25, -0.2) is 4.98 Å². The molecule has 0 unspecified atom stereocenters. The monoisotopic (exact) mass is 623 g/mol. The third kappa shape index (κ3) is 15.0. The molecule has 2 amide bonds. The molecule has 0 aliphatic heterocycles. The molecule has 0 bridgehead atoms. The number of aromatic nitrogens is 1. The lowest BCUT2D eigenvalue weighted by molar-refractivity contribution is -0.156. The third-order valence-electron chi connectivity index (χ3n) is 5.21. The molecule has 0 spiro atoms. The van der Waals surface area contributed by atoms with E-state index in [1.54, 1.807) is 25.1 Å². The maximum atomic E-state index is 12.8. The van der Waals surface area contributed by atoms with Crippen molar-refractivity contribution < 1.29 is 38.1 Å². The summed E-state index contributed by atoms with van der Waals surface area (Å²) in [5.41, 5.74) is 1.17. The highest BCUT2D eigenvalue weighted by Crippen LogP contribution is 2.31. The first-order valence-corrected chi connectivity index (χ1v) is 14.6. The highest BCUT2D eigenvalue weighted by molar-refractivity contribution is 7.19. The van der Waals surface area contributed by atoms with Gasteiger partial charge >= 0.3 is 5.97 Å². The molecule has 0 atom stereocenters. The van der Waals surface area contributed by atoms with Crippen molar-refractivity contribution in [2.45, 2.75) is 46.6 Å². The van der Waals surface area contributed by atoms with Gasteiger partial charge in [-0.1, -0.05) is 11.3 Å². The number of esters is 1. The average molecular weight is 624 g/mol. The van der Waals surface area contributed by atoms with Crippen molar-refractivity contribution >= 4 is 50.6 Å². The second-order valence-corrected chi connectivity index (χ2v) is 11.1. The molecule has 43 heavy (non-hydrogen) atoms. The summed E-state index contributed by atoms with van der Waals surface area (Å²) in [4.78, 5) is 51.0. The molecular weight excluding hydrogens is 582 g/mol. The first-order chi connectivity index (χ1) is 20.5. The number of carbonyl (C=O) groups is 3. The standard InChI is InChI=1S/C28H41N5O9S/c1-19-26(33-37)43-27(30-19)32-25(36)22-7-6-21(18-23(22)31-20(2)34)29-9-11-39-13-15-41-17-16-40-14-12-38-10-8-24(35)42-28(3,4)5/h6-7,18,29H,8-17H2,1-5H3,(H,31,34)(H,30,32,36). The van der Waals surface area contributed by atoms with Crippen molar-refractivity contribution in [2.24, 2.45) is 5.18 Å². The molecule has 3 N–H and O–H groups in total. The normalized spacial score (nSPS) is 11.2. The molecule has 0 aliphatic carbocycles. The van der Waals surface area contributed by atoms with Crippen molar-refractivity contribution in [2.75, 3.05) is 75.4 Å². The molecule has 0 aliphatic rings. The lowest BCUT2D eigenvalue weighted by atomic mass is 10.1. The average Bonchev–Trinajstić information content (AvgIpc) is 3.28. The Kier molecular flexibility index (Phi) is 15.7.